The second-order valence-electron chi connectivity index (χ2n) is 17.7. The molecule has 430 valence electrons. The first kappa shape index (κ1) is 71.4. The molecule has 0 aliphatic rings. The summed E-state index contributed by atoms with van der Waals surface area (Å²) in [6.45, 7) is 12.8. The van der Waals surface area contributed by atoms with Crippen molar-refractivity contribution in [2.45, 2.75) is 105 Å². The molecule has 10 rings (SSSR count). The Kier molecular flexibility index (Phi) is 34.8. The molecule has 0 bridgehead atoms. The van der Waals surface area contributed by atoms with Crippen LogP contribution < -0.4 is 43.1 Å². The van der Waals surface area contributed by atoms with Gasteiger partial charge >= 0.3 is 0 Å². The van der Waals surface area contributed by atoms with Crippen LogP contribution in [0.2, 0.25) is 41.2 Å². The zero-order chi connectivity index (χ0) is 56.4. The molecule has 0 aliphatic carbocycles. The summed E-state index contributed by atoms with van der Waals surface area (Å²) in [5.41, 5.74) is 4.09. The van der Waals surface area contributed by atoms with E-state index in [-0.39, 0.29) is 34.0 Å². The molecule has 0 saturated heterocycles. The van der Waals surface area contributed by atoms with Gasteiger partial charge in [0.15, 0.2) is 10.3 Å². The van der Waals surface area contributed by atoms with Crippen LogP contribution in [0.15, 0.2) is 153 Å². The minimum atomic E-state index is 0. The van der Waals surface area contributed by atoms with Crippen LogP contribution in [0.1, 0.15) is 70.1 Å². The Hall–Kier alpha value is -2.82. The highest BCUT2D eigenvalue weighted by Gasteiger charge is 2.21. The number of imidazole rings is 4. The maximum Gasteiger partial charge on any atom is 0.255 e. The number of nitrogens with one attached hydrogen (secondary N) is 1. The summed E-state index contributed by atoms with van der Waals surface area (Å²) in [5, 5.41) is 14.2. The Morgan fingerprint density at radius 1 is 0.438 bits per heavy atom. The van der Waals surface area contributed by atoms with E-state index in [1.807, 2.05) is 35.5 Å². The third kappa shape index (κ3) is 21.7. The van der Waals surface area contributed by atoms with Crippen molar-refractivity contribution in [1.82, 2.24) is 28.7 Å². The van der Waals surface area contributed by atoms with E-state index in [0.29, 0.717) is 41.2 Å². The number of hydrogen-bond acceptors (Lipinski definition) is 2. The van der Waals surface area contributed by atoms with Crippen LogP contribution in [0, 0.1) is 0 Å². The molecule has 0 saturated carbocycles. The van der Waals surface area contributed by atoms with E-state index in [0.717, 1.165) is 81.9 Å². The molecule has 0 atom stereocenters. The molecule has 0 radical (unpaired) electrons. The molecule has 4 heterocycles. The normalized spacial score (nSPS) is 10.4. The van der Waals surface area contributed by atoms with Crippen LogP contribution in [0.3, 0.4) is 0 Å². The molecular formula is C60H66Br4Cl8N8. The fourth-order valence-electron chi connectivity index (χ4n) is 8.24. The predicted molar refractivity (Wildman–Crippen MR) is 342 cm³/mol. The van der Waals surface area contributed by atoms with Gasteiger partial charge in [-0.05, 0) is 128 Å². The van der Waals surface area contributed by atoms with Gasteiger partial charge < -0.3 is 43.5 Å². The molecule has 20 heteroatoms. The van der Waals surface area contributed by atoms with Gasteiger partial charge in [0.1, 0.15) is 10.3 Å². The molecule has 0 spiro atoms. The number of aryl methyl sites for hydroxylation is 8. The van der Waals surface area contributed by atoms with Gasteiger partial charge in [0, 0.05) is 30.0 Å². The number of alkyl halides is 2. The third-order valence-corrected chi connectivity index (χ3v) is 16.4. The minimum Gasteiger partial charge on any atom is -1.00 e. The van der Waals surface area contributed by atoms with Gasteiger partial charge in [-0.25, -0.2) is 28.2 Å². The number of fused-ring (bicyclic) bond motifs is 3. The summed E-state index contributed by atoms with van der Waals surface area (Å²) in [6, 6.07) is 44.8. The summed E-state index contributed by atoms with van der Waals surface area (Å²) < 4.78 is 9.90. The van der Waals surface area contributed by atoms with Crippen LogP contribution in [0.4, 0.5) is 0 Å². The lowest BCUT2D eigenvalue weighted by Crippen LogP contribution is -3.00. The van der Waals surface area contributed by atoms with Crippen LogP contribution in [0.5, 0.6) is 0 Å². The predicted octanol–water partition coefficient (Wildman–Crippen LogP) is 13.7. The number of aromatic nitrogens is 8. The van der Waals surface area contributed by atoms with Gasteiger partial charge in [0.05, 0.1) is 38.8 Å². The third-order valence-electron chi connectivity index (χ3n) is 12.0. The lowest BCUT2D eigenvalue weighted by Gasteiger charge is -2.05. The maximum absolute atomic E-state index is 6.34. The van der Waals surface area contributed by atoms with Gasteiger partial charge in [-0.2, -0.15) is 0 Å². The van der Waals surface area contributed by atoms with E-state index in [2.05, 4.69) is 202 Å². The molecular weight excluding hydrogens is 1440 g/mol. The molecule has 80 heavy (non-hydrogen) atoms. The molecule has 6 aromatic carbocycles. The highest BCUT2D eigenvalue weighted by atomic mass is 79.9. The lowest BCUT2D eigenvalue weighted by molar-refractivity contribution is -0.694. The Balaban J connectivity index is 0.000000270. The molecule has 0 aliphatic heterocycles. The van der Waals surface area contributed by atoms with Crippen molar-refractivity contribution >= 4 is 157 Å². The van der Waals surface area contributed by atoms with Crippen molar-refractivity contribution in [1.29, 1.82) is 0 Å². The molecule has 0 fully saturated rings. The molecule has 1 N–H and O–H groups in total. The standard InChI is InChI=1S/2C18H19Cl2N2.C12H11Br.C6H8Cl2N2.C3H7Br.C3H2Cl2N2.2BrH/c2*1-2-11-21-13-22(18(20)17(21)19)12-10-15-8-5-7-14-6-3-4-9-16(14)15;13-9-8-11-6-3-5-10-4-1-2-7-12(10)11;1-2-3-10-4-9-5(7)6(10)8;1-2-3-4;4-2-3(5)7-1-6-2;;/h2*3-9,13H,2,10-12H2,1H3;1-7H,8-9H2;4H,2-3H2,1H3;2-3H2,1H3;1H,(H,6,7);2*1H/q2*+1;;;;;;/p-2. The first-order valence-corrected chi connectivity index (χ1v) is 31.2. The van der Waals surface area contributed by atoms with Gasteiger partial charge in [-0.15, -0.1) is 0 Å². The zero-order valence-corrected chi connectivity index (χ0v) is 57.4. The quantitative estimate of drug-likeness (QED) is 0.0821. The maximum atomic E-state index is 6.34. The second-order valence-corrected chi connectivity index (χ2v) is 22.2. The average Bonchev–Trinajstić information content (AvgIpc) is 4.17. The largest absolute Gasteiger partial charge is 1.00 e. The molecule has 0 amide bonds. The van der Waals surface area contributed by atoms with E-state index in [9.17, 15) is 0 Å². The van der Waals surface area contributed by atoms with Gasteiger partial charge in [0.2, 0.25) is 12.7 Å². The summed E-state index contributed by atoms with van der Waals surface area (Å²) in [7, 11) is 0. The van der Waals surface area contributed by atoms with E-state index in [4.69, 9.17) is 92.8 Å². The van der Waals surface area contributed by atoms with Crippen molar-refractivity contribution < 1.29 is 43.1 Å². The van der Waals surface area contributed by atoms with Crippen molar-refractivity contribution in [3.8, 4) is 0 Å². The van der Waals surface area contributed by atoms with E-state index >= 15 is 0 Å². The fourth-order valence-corrected chi connectivity index (χ4v) is 10.1. The average molecular weight is 1500 g/mol. The Morgan fingerprint density at radius 2 is 0.838 bits per heavy atom. The summed E-state index contributed by atoms with van der Waals surface area (Å²) in [5.74, 6) is 0. The second kappa shape index (κ2) is 38.9. The highest BCUT2D eigenvalue weighted by Crippen LogP contribution is 2.25. The minimum absolute atomic E-state index is 0. The zero-order valence-electron chi connectivity index (χ0n) is 45.0. The molecule has 0 unspecified atom stereocenters. The smallest absolute Gasteiger partial charge is 0.255 e. The first-order valence-electron chi connectivity index (χ1n) is 25.9. The van der Waals surface area contributed by atoms with Crippen LogP contribution in [0.25, 0.3) is 32.3 Å². The van der Waals surface area contributed by atoms with Gasteiger partial charge in [0.25, 0.3) is 20.6 Å². The number of halogens is 12. The van der Waals surface area contributed by atoms with E-state index < -0.39 is 0 Å². The number of nitrogens with zero attached hydrogens (tertiary/aromatic N) is 7. The van der Waals surface area contributed by atoms with Gasteiger partial charge in [-0.3, -0.25) is 0 Å². The Bertz CT molecular complexity index is 3210. The van der Waals surface area contributed by atoms with Crippen LogP contribution in [-0.2, 0) is 52.0 Å². The number of rotatable bonds is 15. The van der Waals surface area contributed by atoms with Crippen molar-refractivity contribution in [2.24, 2.45) is 0 Å². The van der Waals surface area contributed by atoms with Crippen molar-refractivity contribution in [2.75, 3.05) is 10.7 Å². The Labute approximate surface area is 549 Å². The fraction of sp³-hybridized carbons (Fsp3) is 0.300. The van der Waals surface area contributed by atoms with Crippen LogP contribution in [-0.4, -0.2) is 39.3 Å². The highest BCUT2D eigenvalue weighted by molar-refractivity contribution is 9.09. The Morgan fingerprint density at radius 3 is 1.15 bits per heavy atom. The van der Waals surface area contributed by atoms with E-state index in [1.54, 1.807) is 6.33 Å². The van der Waals surface area contributed by atoms with Crippen molar-refractivity contribution in [3.05, 3.63) is 211 Å². The molecule has 4 aromatic heterocycles. The molecule has 10 aromatic rings. The summed E-state index contributed by atoms with van der Waals surface area (Å²) in [4.78, 5) is 10.0. The first-order chi connectivity index (χ1) is 37.8. The summed E-state index contributed by atoms with van der Waals surface area (Å²) in [6.07, 6.45) is 14.4. The number of H-pyrrole nitrogens is 1. The van der Waals surface area contributed by atoms with E-state index in [1.165, 1.54) is 61.8 Å². The van der Waals surface area contributed by atoms with Crippen molar-refractivity contribution in [3.63, 3.8) is 0 Å². The number of aromatic amines is 1. The molecule has 8 nitrogen and oxygen atoms in total. The van der Waals surface area contributed by atoms with Crippen LogP contribution >= 0.6 is 125 Å². The SMILES string of the molecule is BrCCc1cccc2ccccc12.CCCBr.CCC[n+]1cn(CCc2cccc3ccccc23)c(Cl)c1Cl.CCC[n+]1cn(CCc2cccc3ccccc23)c(Cl)c1Cl.CCCn1cnc(Cl)c1Cl.Clc1nc[nH]c1Cl.[Br-].[Br-]. The number of benzene rings is 6. The topological polar surface area (TPSA) is 64.1 Å². The van der Waals surface area contributed by atoms with Gasteiger partial charge in [-0.1, -0.05) is 233 Å². The monoisotopic (exact) mass is 1490 g/mol. The number of hydrogen-bond donors (Lipinski definition) is 1. The summed E-state index contributed by atoms with van der Waals surface area (Å²) >= 11 is 54.0. The lowest BCUT2D eigenvalue weighted by atomic mass is 10.0.